The molecular formula is C32H47ClN2O4. The highest BCUT2D eigenvalue weighted by Gasteiger charge is 2.38. The second kappa shape index (κ2) is 13.6. The van der Waals surface area contributed by atoms with Crippen LogP contribution < -0.4 is 15.7 Å². The SMILES string of the molecule is CCCCCC(C)C(C)c1cc(OC(=O)CCCN2CCCCC2)c2c3c(c(=O)oc2c1)C1CCC3NC1.Cl. The Balaban J connectivity index is 0.00000353. The Hall–Kier alpha value is -1.89. The molecule has 4 heterocycles. The summed E-state index contributed by atoms with van der Waals surface area (Å²) in [4.78, 5) is 28.8. The third-order valence-electron chi connectivity index (χ3n) is 9.41. The van der Waals surface area contributed by atoms with Crippen LogP contribution in [0.5, 0.6) is 5.75 Å². The standard InChI is InChI=1S/C32H46N2O4.ClH/c1-4-5-7-11-21(2)22(3)24-18-26(37-28(35)12-10-17-34-15-8-6-9-16-34)31-27(19-24)38-32(36)29-23-13-14-25(30(29)31)33-20-23;/h18-19,21-23,25,33H,4-17,20H2,1-3H3;1H. The first-order chi connectivity index (χ1) is 18.5. The van der Waals surface area contributed by atoms with E-state index in [0.717, 1.165) is 73.9 Å². The van der Waals surface area contributed by atoms with Crippen molar-refractivity contribution in [2.24, 2.45) is 5.92 Å². The van der Waals surface area contributed by atoms with Crippen molar-refractivity contribution in [3.63, 3.8) is 0 Å². The number of fused-ring (bicyclic) bond motifs is 3. The summed E-state index contributed by atoms with van der Waals surface area (Å²) in [5, 5.41) is 4.42. The van der Waals surface area contributed by atoms with Gasteiger partial charge in [0.15, 0.2) is 0 Å². The summed E-state index contributed by atoms with van der Waals surface area (Å²) in [6.07, 6.45) is 11.8. The molecule has 3 aliphatic heterocycles. The van der Waals surface area contributed by atoms with Gasteiger partial charge in [-0.1, -0.05) is 52.9 Å². The van der Waals surface area contributed by atoms with Gasteiger partial charge in [0.05, 0.1) is 5.39 Å². The molecule has 0 spiro atoms. The molecule has 4 atom stereocenters. The number of nitrogens with zero attached hydrogens (tertiary/aromatic N) is 1. The molecule has 216 valence electrons. The van der Waals surface area contributed by atoms with Crippen LogP contribution >= 0.6 is 12.4 Å². The van der Waals surface area contributed by atoms with Gasteiger partial charge in [-0.25, -0.2) is 4.79 Å². The number of carbonyl (C=O) groups excluding carboxylic acids is 1. The van der Waals surface area contributed by atoms with Gasteiger partial charge in [-0.05, 0) is 86.8 Å². The van der Waals surface area contributed by atoms with E-state index in [-0.39, 0.29) is 41.9 Å². The lowest BCUT2D eigenvalue weighted by Gasteiger charge is -2.38. The minimum absolute atomic E-state index is 0. The number of nitrogens with one attached hydrogen (secondary N) is 1. The summed E-state index contributed by atoms with van der Waals surface area (Å²) >= 11 is 0. The minimum Gasteiger partial charge on any atom is -0.426 e. The Morgan fingerprint density at radius 3 is 2.62 bits per heavy atom. The summed E-state index contributed by atoms with van der Waals surface area (Å²) in [7, 11) is 0. The number of carbonyl (C=O) groups is 1. The highest BCUT2D eigenvalue weighted by atomic mass is 35.5. The summed E-state index contributed by atoms with van der Waals surface area (Å²) in [5.41, 5.74) is 3.22. The number of hydrogen-bond donors (Lipinski definition) is 1. The monoisotopic (exact) mass is 558 g/mol. The summed E-state index contributed by atoms with van der Waals surface area (Å²) < 4.78 is 12.1. The predicted octanol–water partition coefficient (Wildman–Crippen LogP) is 7.23. The maximum atomic E-state index is 13.2. The number of hydrogen-bond acceptors (Lipinski definition) is 6. The van der Waals surface area contributed by atoms with Crippen LogP contribution in [0.15, 0.2) is 21.3 Å². The number of benzene rings is 1. The van der Waals surface area contributed by atoms with Crippen LogP contribution in [-0.2, 0) is 4.79 Å². The molecule has 2 fully saturated rings. The molecule has 0 saturated carbocycles. The maximum Gasteiger partial charge on any atom is 0.340 e. The van der Waals surface area contributed by atoms with Crippen LogP contribution in [0, 0.1) is 5.92 Å². The van der Waals surface area contributed by atoms with Crippen molar-refractivity contribution in [2.45, 2.75) is 109 Å². The number of ether oxygens (including phenoxy) is 1. The van der Waals surface area contributed by atoms with Crippen molar-refractivity contribution in [3.8, 4) is 5.75 Å². The molecule has 2 bridgehead atoms. The van der Waals surface area contributed by atoms with Gasteiger partial charge < -0.3 is 19.4 Å². The van der Waals surface area contributed by atoms with E-state index >= 15 is 0 Å². The van der Waals surface area contributed by atoms with Gasteiger partial charge in [-0.2, -0.15) is 0 Å². The molecule has 2 aromatic rings. The fraction of sp³-hybridized carbons (Fsp3) is 0.688. The number of rotatable bonds is 11. The average molecular weight is 559 g/mol. The van der Waals surface area contributed by atoms with Crippen LogP contribution in [0.25, 0.3) is 11.0 Å². The Kier molecular flexibility index (Phi) is 10.5. The molecule has 6 nitrogen and oxygen atoms in total. The van der Waals surface area contributed by atoms with E-state index in [9.17, 15) is 9.59 Å². The van der Waals surface area contributed by atoms with Crippen molar-refractivity contribution in [1.82, 2.24) is 10.2 Å². The van der Waals surface area contributed by atoms with Crippen molar-refractivity contribution in [3.05, 3.63) is 39.2 Å². The Labute approximate surface area is 239 Å². The van der Waals surface area contributed by atoms with Crippen LogP contribution in [0.1, 0.15) is 126 Å². The van der Waals surface area contributed by atoms with Gasteiger partial charge >= 0.3 is 11.6 Å². The van der Waals surface area contributed by atoms with Crippen molar-refractivity contribution >= 4 is 29.3 Å². The number of piperidine rings is 2. The molecule has 39 heavy (non-hydrogen) atoms. The lowest BCUT2D eigenvalue weighted by molar-refractivity contribution is -0.134. The first kappa shape index (κ1) is 30.1. The summed E-state index contributed by atoms with van der Waals surface area (Å²) in [6.45, 7) is 10.8. The van der Waals surface area contributed by atoms with E-state index in [0.29, 0.717) is 23.7 Å². The lowest BCUT2D eigenvalue weighted by atomic mass is 9.75. The molecule has 0 radical (unpaired) electrons. The average Bonchev–Trinajstić information content (AvgIpc) is 2.93. The summed E-state index contributed by atoms with van der Waals surface area (Å²) in [5.74, 6) is 1.29. The van der Waals surface area contributed by atoms with Crippen molar-refractivity contribution in [1.29, 1.82) is 0 Å². The van der Waals surface area contributed by atoms with Crippen LogP contribution in [0.4, 0.5) is 0 Å². The summed E-state index contributed by atoms with van der Waals surface area (Å²) in [6, 6.07) is 4.21. The van der Waals surface area contributed by atoms with Gasteiger partial charge in [-0.3, -0.25) is 4.79 Å². The van der Waals surface area contributed by atoms with E-state index in [2.05, 4.69) is 37.1 Å². The van der Waals surface area contributed by atoms with E-state index in [4.69, 9.17) is 9.15 Å². The van der Waals surface area contributed by atoms with Crippen LogP contribution in [-0.4, -0.2) is 37.0 Å². The van der Waals surface area contributed by atoms with E-state index < -0.39 is 0 Å². The number of likely N-dealkylation sites (tertiary alicyclic amines) is 1. The molecule has 1 aromatic heterocycles. The maximum absolute atomic E-state index is 13.2. The Morgan fingerprint density at radius 1 is 1.10 bits per heavy atom. The van der Waals surface area contributed by atoms with Gasteiger partial charge in [0, 0.05) is 30.5 Å². The largest absolute Gasteiger partial charge is 0.426 e. The molecular weight excluding hydrogens is 512 g/mol. The van der Waals surface area contributed by atoms with E-state index in [1.165, 1.54) is 38.5 Å². The molecule has 1 aromatic carbocycles. The first-order valence-electron chi connectivity index (χ1n) is 15.3. The minimum atomic E-state index is -0.219. The Bertz CT molecular complexity index is 1180. The fourth-order valence-electron chi connectivity index (χ4n) is 6.90. The molecule has 2 saturated heterocycles. The third-order valence-corrected chi connectivity index (χ3v) is 9.41. The predicted molar refractivity (Wildman–Crippen MR) is 159 cm³/mol. The van der Waals surface area contributed by atoms with Crippen LogP contribution in [0.2, 0.25) is 0 Å². The molecule has 4 unspecified atom stereocenters. The van der Waals surface area contributed by atoms with Crippen molar-refractivity contribution < 1.29 is 13.9 Å². The zero-order valence-electron chi connectivity index (χ0n) is 24.1. The van der Waals surface area contributed by atoms with Crippen molar-refractivity contribution in [2.75, 3.05) is 26.2 Å². The zero-order valence-corrected chi connectivity index (χ0v) is 24.9. The van der Waals surface area contributed by atoms with E-state index in [1.807, 2.05) is 6.07 Å². The second-order valence-electron chi connectivity index (χ2n) is 12.1. The normalized spacial score (nSPS) is 22.2. The number of esters is 1. The second-order valence-corrected chi connectivity index (χ2v) is 12.1. The molecule has 1 aliphatic carbocycles. The third kappa shape index (κ3) is 6.71. The quantitative estimate of drug-likeness (QED) is 0.136. The highest BCUT2D eigenvalue weighted by Crippen LogP contribution is 2.46. The van der Waals surface area contributed by atoms with Crippen LogP contribution in [0.3, 0.4) is 0 Å². The topological polar surface area (TPSA) is 71.8 Å². The van der Waals surface area contributed by atoms with Gasteiger partial charge in [-0.15, -0.1) is 12.4 Å². The molecule has 1 N–H and O–H groups in total. The molecule has 0 amide bonds. The number of unbranched alkanes of at least 4 members (excludes halogenated alkanes) is 2. The molecule has 6 rings (SSSR count). The van der Waals surface area contributed by atoms with Gasteiger partial charge in [0.1, 0.15) is 11.3 Å². The van der Waals surface area contributed by atoms with Gasteiger partial charge in [0.25, 0.3) is 0 Å². The highest BCUT2D eigenvalue weighted by molar-refractivity contribution is 5.91. The van der Waals surface area contributed by atoms with E-state index in [1.54, 1.807) is 0 Å². The molecule has 4 aliphatic rings. The smallest absolute Gasteiger partial charge is 0.340 e. The first-order valence-corrected chi connectivity index (χ1v) is 15.3. The number of halogens is 1. The molecule has 7 heteroatoms. The fourth-order valence-corrected chi connectivity index (χ4v) is 6.90. The Morgan fingerprint density at radius 2 is 1.90 bits per heavy atom. The zero-order chi connectivity index (χ0) is 26.6. The lowest BCUT2D eigenvalue weighted by Crippen LogP contribution is -2.41. The van der Waals surface area contributed by atoms with Gasteiger partial charge in [0.2, 0.25) is 0 Å².